The van der Waals surface area contributed by atoms with Crippen LogP contribution in [0.25, 0.3) is 0 Å². The number of alkyl halides is 2. The van der Waals surface area contributed by atoms with E-state index in [1.165, 1.54) is 6.39 Å². The maximum absolute atomic E-state index is 11.7. The maximum Gasteiger partial charge on any atom is 0.289 e. The minimum Gasteiger partial charge on any atom is -0.438 e. The number of hydrogen-bond acceptors (Lipinski definition) is 3. The highest BCUT2D eigenvalue weighted by Crippen LogP contribution is 2.12. The van der Waals surface area contributed by atoms with E-state index in [1.807, 2.05) is 0 Å². The van der Waals surface area contributed by atoms with Gasteiger partial charge >= 0.3 is 0 Å². The van der Waals surface area contributed by atoms with Crippen LogP contribution in [0.5, 0.6) is 0 Å². The van der Waals surface area contributed by atoms with Gasteiger partial charge in [0.2, 0.25) is 5.76 Å². The summed E-state index contributed by atoms with van der Waals surface area (Å²) in [6.07, 6.45) is 1.23. The number of carbonyl (C=O) groups excluding carboxylic acids is 1. The zero-order valence-corrected chi connectivity index (χ0v) is 10.0. The first kappa shape index (κ1) is 12.3. The molecule has 0 aliphatic rings. The zero-order chi connectivity index (χ0) is 11.5. The van der Waals surface area contributed by atoms with Gasteiger partial charge in [-0.15, -0.1) is 23.2 Å². The van der Waals surface area contributed by atoms with E-state index in [2.05, 4.69) is 10.3 Å². The van der Waals surface area contributed by atoms with Crippen LogP contribution < -0.4 is 5.32 Å². The quantitative estimate of drug-likeness (QED) is 0.832. The lowest BCUT2D eigenvalue weighted by Crippen LogP contribution is -2.49. The first-order chi connectivity index (χ1) is 7.02. The molecule has 1 aromatic rings. The average Bonchev–Trinajstić information content (AvgIpc) is 2.64. The van der Waals surface area contributed by atoms with E-state index in [-0.39, 0.29) is 23.4 Å². The molecular weight excluding hydrogens is 239 g/mol. The van der Waals surface area contributed by atoms with E-state index >= 15 is 0 Å². The summed E-state index contributed by atoms with van der Waals surface area (Å²) in [7, 11) is 0. The van der Waals surface area contributed by atoms with Crippen molar-refractivity contribution in [2.75, 3.05) is 11.8 Å². The monoisotopic (exact) mass is 250 g/mol. The van der Waals surface area contributed by atoms with Crippen LogP contribution in [-0.2, 0) is 0 Å². The van der Waals surface area contributed by atoms with Crippen LogP contribution in [0.2, 0.25) is 0 Å². The van der Waals surface area contributed by atoms with Crippen molar-refractivity contribution in [1.82, 2.24) is 10.3 Å². The number of aromatic nitrogens is 1. The van der Waals surface area contributed by atoms with Crippen molar-refractivity contribution in [1.29, 1.82) is 0 Å². The molecule has 15 heavy (non-hydrogen) atoms. The van der Waals surface area contributed by atoms with Crippen molar-refractivity contribution in [3.63, 3.8) is 0 Å². The van der Waals surface area contributed by atoms with Gasteiger partial charge in [0.1, 0.15) is 0 Å². The molecule has 4 nitrogen and oxygen atoms in total. The Morgan fingerprint density at radius 3 is 2.60 bits per heavy atom. The van der Waals surface area contributed by atoms with E-state index in [0.717, 1.165) is 0 Å². The van der Waals surface area contributed by atoms with Crippen LogP contribution in [-0.4, -0.2) is 28.2 Å². The third kappa shape index (κ3) is 2.86. The largest absolute Gasteiger partial charge is 0.438 e. The van der Waals surface area contributed by atoms with Crippen LogP contribution in [0.4, 0.5) is 0 Å². The number of halogens is 2. The molecule has 1 rings (SSSR count). The molecule has 0 aliphatic carbocycles. The third-order valence-electron chi connectivity index (χ3n) is 1.96. The molecule has 0 unspecified atom stereocenters. The number of amides is 1. The minimum absolute atomic E-state index is 0.191. The Balaban J connectivity index is 2.76. The van der Waals surface area contributed by atoms with Gasteiger partial charge in [0.25, 0.3) is 5.91 Å². The molecule has 84 valence electrons. The second kappa shape index (κ2) is 4.86. The van der Waals surface area contributed by atoms with Gasteiger partial charge in [-0.05, 0) is 13.8 Å². The van der Waals surface area contributed by atoms with Gasteiger partial charge in [0.05, 0.1) is 11.2 Å². The predicted molar refractivity (Wildman–Crippen MR) is 58.6 cm³/mol. The average molecular weight is 251 g/mol. The Bertz CT molecular complexity index is 348. The van der Waals surface area contributed by atoms with Gasteiger partial charge in [0, 0.05) is 11.8 Å². The number of carbonyl (C=O) groups is 1. The number of oxazole rings is 1. The number of rotatable bonds is 4. The standard InChI is InChI=1S/C9H12Cl2N2O2/c1-6-7(15-5-12-6)8(14)13-9(2,3-10)4-11/h5H,3-4H2,1-2H3,(H,13,14). The first-order valence-electron chi connectivity index (χ1n) is 4.37. The predicted octanol–water partition coefficient (Wildman–Crippen LogP) is 1.95. The smallest absolute Gasteiger partial charge is 0.289 e. The highest BCUT2D eigenvalue weighted by Gasteiger charge is 2.27. The fourth-order valence-corrected chi connectivity index (χ4v) is 1.37. The lowest BCUT2D eigenvalue weighted by molar-refractivity contribution is 0.0892. The molecule has 0 fully saturated rings. The van der Waals surface area contributed by atoms with Crippen LogP contribution >= 0.6 is 23.2 Å². The van der Waals surface area contributed by atoms with Crippen molar-refractivity contribution in [2.45, 2.75) is 19.4 Å². The van der Waals surface area contributed by atoms with Crippen LogP contribution in [0.1, 0.15) is 23.2 Å². The summed E-state index contributed by atoms with van der Waals surface area (Å²) in [5.74, 6) is 0.301. The normalized spacial score (nSPS) is 11.5. The van der Waals surface area contributed by atoms with E-state index in [4.69, 9.17) is 27.6 Å². The van der Waals surface area contributed by atoms with Gasteiger partial charge in [-0.2, -0.15) is 0 Å². The molecule has 6 heteroatoms. The van der Waals surface area contributed by atoms with Crippen LogP contribution in [0.15, 0.2) is 10.8 Å². The summed E-state index contributed by atoms with van der Waals surface area (Å²) in [6, 6.07) is 0. The molecule has 0 spiro atoms. The zero-order valence-electron chi connectivity index (χ0n) is 8.51. The van der Waals surface area contributed by atoms with Gasteiger partial charge in [-0.25, -0.2) is 4.98 Å². The van der Waals surface area contributed by atoms with Crippen molar-refractivity contribution >= 4 is 29.1 Å². The Kier molecular flexibility index (Phi) is 3.99. The molecule has 0 saturated carbocycles. The molecule has 0 aromatic carbocycles. The Labute approximate surface area is 98.0 Å². The second-order valence-corrected chi connectivity index (χ2v) is 4.08. The minimum atomic E-state index is -0.639. The van der Waals surface area contributed by atoms with Crippen molar-refractivity contribution in [3.05, 3.63) is 17.8 Å². The summed E-state index contributed by atoms with van der Waals surface area (Å²) in [6.45, 7) is 3.45. The number of hydrogen-bond donors (Lipinski definition) is 1. The maximum atomic E-state index is 11.7. The van der Waals surface area contributed by atoms with E-state index in [9.17, 15) is 4.79 Å². The second-order valence-electron chi connectivity index (χ2n) is 3.55. The fourth-order valence-electron chi connectivity index (χ4n) is 0.953. The van der Waals surface area contributed by atoms with E-state index in [0.29, 0.717) is 5.69 Å². The highest BCUT2D eigenvalue weighted by molar-refractivity contribution is 6.22. The Morgan fingerprint density at radius 2 is 2.20 bits per heavy atom. The molecule has 1 N–H and O–H groups in total. The Morgan fingerprint density at radius 1 is 1.60 bits per heavy atom. The van der Waals surface area contributed by atoms with Gasteiger partial charge < -0.3 is 9.73 Å². The van der Waals surface area contributed by atoms with Crippen molar-refractivity contribution < 1.29 is 9.21 Å². The number of nitrogens with one attached hydrogen (secondary N) is 1. The summed E-state index contributed by atoms with van der Waals surface area (Å²) < 4.78 is 4.95. The van der Waals surface area contributed by atoms with Gasteiger partial charge in [-0.3, -0.25) is 4.79 Å². The molecule has 0 radical (unpaired) electrons. The summed E-state index contributed by atoms with van der Waals surface area (Å²) in [5, 5.41) is 2.70. The highest BCUT2D eigenvalue weighted by atomic mass is 35.5. The molecule has 0 saturated heterocycles. The number of aryl methyl sites for hydroxylation is 1. The first-order valence-corrected chi connectivity index (χ1v) is 5.44. The van der Waals surface area contributed by atoms with Gasteiger partial charge in [0.15, 0.2) is 6.39 Å². The van der Waals surface area contributed by atoms with Crippen molar-refractivity contribution in [3.8, 4) is 0 Å². The van der Waals surface area contributed by atoms with E-state index < -0.39 is 5.54 Å². The molecule has 0 atom stereocenters. The molecule has 1 heterocycles. The molecule has 1 aromatic heterocycles. The van der Waals surface area contributed by atoms with Crippen LogP contribution in [0, 0.1) is 6.92 Å². The molecule has 1 amide bonds. The SMILES string of the molecule is Cc1ncoc1C(=O)NC(C)(CCl)CCl. The lowest BCUT2D eigenvalue weighted by Gasteiger charge is -2.25. The van der Waals surface area contributed by atoms with Gasteiger partial charge in [-0.1, -0.05) is 0 Å². The topological polar surface area (TPSA) is 55.1 Å². The van der Waals surface area contributed by atoms with Crippen molar-refractivity contribution in [2.24, 2.45) is 0 Å². The van der Waals surface area contributed by atoms with E-state index in [1.54, 1.807) is 13.8 Å². The Hall–Kier alpha value is -0.740. The fraction of sp³-hybridized carbons (Fsp3) is 0.556. The molecule has 0 bridgehead atoms. The summed E-state index contributed by atoms with van der Waals surface area (Å²) in [4.78, 5) is 15.5. The molecular formula is C9H12Cl2N2O2. The van der Waals surface area contributed by atoms with Crippen LogP contribution in [0.3, 0.4) is 0 Å². The third-order valence-corrected chi connectivity index (χ3v) is 3.14. The summed E-state index contributed by atoms with van der Waals surface area (Å²) >= 11 is 11.4. The summed E-state index contributed by atoms with van der Waals surface area (Å²) in [5.41, 5.74) is -0.0987. The number of nitrogens with zero attached hydrogens (tertiary/aromatic N) is 1. The lowest BCUT2D eigenvalue weighted by atomic mass is 10.1. The molecule has 0 aliphatic heterocycles.